The van der Waals surface area contributed by atoms with Crippen molar-refractivity contribution in [2.75, 3.05) is 19.8 Å². The fourth-order valence-electron chi connectivity index (χ4n) is 2.15. The van der Waals surface area contributed by atoms with Gasteiger partial charge in [0.1, 0.15) is 5.65 Å². The average molecular weight is 266 g/mol. The Balaban J connectivity index is 1.64. The number of nitrogens with one attached hydrogen (secondary N) is 1. The molecular formula is C13H16ClN3O. The van der Waals surface area contributed by atoms with Crippen molar-refractivity contribution < 1.29 is 4.74 Å². The van der Waals surface area contributed by atoms with Gasteiger partial charge in [0.2, 0.25) is 0 Å². The molecule has 96 valence electrons. The molecule has 0 radical (unpaired) electrons. The second-order valence-corrected chi connectivity index (χ2v) is 5.69. The van der Waals surface area contributed by atoms with Crippen LogP contribution in [0.2, 0.25) is 5.02 Å². The molecule has 0 atom stereocenters. The molecular weight excluding hydrogens is 250 g/mol. The molecule has 4 nitrogen and oxygen atoms in total. The number of ether oxygens (including phenoxy) is 1. The number of halogens is 1. The molecule has 1 N–H and O–H groups in total. The van der Waals surface area contributed by atoms with E-state index in [1.165, 1.54) is 0 Å². The third kappa shape index (κ3) is 2.36. The molecule has 18 heavy (non-hydrogen) atoms. The largest absolute Gasteiger partial charge is 0.380 e. The van der Waals surface area contributed by atoms with E-state index in [-0.39, 0.29) is 0 Å². The monoisotopic (exact) mass is 265 g/mol. The summed E-state index contributed by atoms with van der Waals surface area (Å²) in [5.74, 6) is 0. The Morgan fingerprint density at radius 1 is 1.44 bits per heavy atom. The van der Waals surface area contributed by atoms with Crippen molar-refractivity contribution in [2.24, 2.45) is 5.41 Å². The number of rotatable bonds is 4. The van der Waals surface area contributed by atoms with Gasteiger partial charge in [-0.05, 0) is 12.1 Å². The lowest BCUT2D eigenvalue weighted by Crippen LogP contribution is -2.47. The van der Waals surface area contributed by atoms with Gasteiger partial charge in [-0.2, -0.15) is 0 Å². The van der Waals surface area contributed by atoms with E-state index in [4.69, 9.17) is 16.3 Å². The van der Waals surface area contributed by atoms with Gasteiger partial charge in [0.05, 0.1) is 23.9 Å². The molecule has 5 heteroatoms. The minimum absolute atomic E-state index is 0.294. The third-order valence-corrected chi connectivity index (χ3v) is 3.45. The summed E-state index contributed by atoms with van der Waals surface area (Å²) in [4.78, 5) is 4.53. The van der Waals surface area contributed by atoms with Gasteiger partial charge in [-0.15, -0.1) is 0 Å². The Hall–Kier alpha value is -1.10. The van der Waals surface area contributed by atoms with Crippen LogP contribution in [0.15, 0.2) is 24.5 Å². The SMILES string of the molecule is CC1(CNCc2cn3cc(Cl)ccc3n2)COC1. The Morgan fingerprint density at radius 3 is 3.00 bits per heavy atom. The number of fused-ring (bicyclic) bond motifs is 1. The first-order valence-corrected chi connectivity index (χ1v) is 6.44. The van der Waals surface area contributed by atoms with Crippen molar-refractivity contribution in [2.45, 2.75) is 13.5 Å². The van der Waals surface area contributed by atoms with Gasteiger partial charge in [-0.25, -0.2) is 4.98 Å². The Kier molecular flexibility index (Phi) is 3.01. The quantitative estimate of drug-likeness (QED) is 0.920. The summed E-state index contributed by atoms with van der Waals surface area (Å²) in [5.41, 5.74) is 2.25. The van der Waals surface area contributed by atoms with E-state index >= 15 is 0 Å². The van der Waals surface area contributed by atoms with Gasteiger partial charge in [0.25, 0.3) is 0 Å². The molecule has 1 saturated heterocycles. The molecule has 2 aromatic rings. The van der Waals surface area contributed by atoms with E-state index in [2.05, 4.69) is 17.2 Å². The topological polar surface area (TPSA) is 38.6 Å². The van der Waals surface area contributed by atoms with Gasteiger partial charge >= 0.3 is 0 Å². The summed E-state index contributed by atoms with van der Waals surface area (Å²) in [6.07, 6.45) is 3.88. The zero-order valence-corrected chi connectivity index (χ0v) is 11.1. The van der Waals surface area contributed by atoms with E-state index in [9.17, 15) is 0 Å². The summed E-state index contributed by atoms with van der Waals surface area (Å²) in [6, 6.07) is 3.78. The second-order valence-electron chi connectivity index (χ2n) is 5.25. The minimum atomic E-state index is 0.294. The molecule has 0 aliphatic carbocycles. The molecule has 2 aromatic heterocycles. The van der Waals surface area contributed by atoms with E-state index in [0.29, 0.717) is 5.41 Å². The fourth-order valence-corrected chi connectivity index (χ4v) is 2.32. The molecule has 0 bridgehead atoms. The van der Waals surface area contributed by atoms with E-state index in [0.717, 1.165) is 42.7 Å². The zero-order chi connectivity index (χ0) is 12.6. The fraction of sp³-hybridized carbons (Fsp3) is 0.462. The van der Waals surface area contributed by atoms with Gasteiger partial charge in [-0.1, -0.05) is 18.5 Å². The van der Waals surface area contributed by atoms with E-state index in [1.54, 1.807) is 0 Å². The number of pyridine rings is 1. The second kappa shape index (κ2) is 4.53. The van der Waals surface area contributed by atoms with E-state index in [1.807, 2.05) is 28.9 Å². The lowest BCUT2D eigenvalue weighted by Gasteiger charge is -2.38. The number of hydrogen-bond donors (Lipinski definition) is 1. The number of imidazole rings is 1. The molecule has 3 heterocycles. The molecule has 0 unspecified atom stereocenters. The number of hydrogen-bond acceptors (Lipinski definition) is 3. The molecule has 0 amide bonds. The van der Waals surface area contributed by atoms with Crippen LogP contribution in [0, 0.1) is 5.41 Å². The molecule has 0 aromatic carbocycles. The number of aromatic nitrogens is 2. The van der Waals surface area contributed by atoms with Crippen LogP contribution in [0.5, 0.6) is 0 Å². The van der Waals surface area contributed by atoms with Crippen molar-refractivity contribution in [3.63, 3.8) is 0 Å². The van der Waals surface area contributed by atoms with Crippen LogP contribution < -0.4 is 5.32 Å². The minimum Gasteiger partial charge on any atom is -0.380 e. The Labute approximate surface area is 111 Å². The summed E-state index contributed by atoms with van der Waals surface area (Å²) in [6.45, 7) is 5.66. The summed E-state index contributed by atoms with van der Waals surface area (Å²) in [5, 5.41) is 4.15. The molecule has 3 rings (SSSR count). The average Bonchev–Trinajstić information content (AvgIpc) is 2.68. The van der Waals surface area contributed by atoms with Crippen molar-refractivity contribution in [3.05, 3.63) is 35.2 Å². The van der Waals surface area contributed by atoms with Crippen molar-refractivity contribution >= 4 is 17.2 Å². The van der Waals surface area contributed by atoms with Crippen LogP contribution in [0.1, 0.15) is 12.6 Å². The van der Waals surface area contributed by atoms with Crippen LogP contribution in [-0.4, -0.2) is 29.1 Å². The lowest BCUT2D eigenvalue weighted by molar-refractivity contribution is -0.0991. The van der Waals surface area contributed by atoms with Crippen molar-refractivity contribution in [1.82, 2.24) is 14.7 Å². The molecule has 1 aliphatic heterocycles. The highest BCUT2D eigenvalue weighted by Gasteiger charge is 2.32. The van der Waals surface area contributed by atoms with Gasteiger partial charge in [0.15, 0.2) is 0 Å². The van der Waals surface area contributed by atoms with Crippen LogP contribution in [0.4, 0.5) is 0 Å². The maximum atomic E-state index is 5.94. The Bertz CT molecular complexity index is 562. The van der Waals surface area contributed by atoms with E-state index < -0.39 is 0 Å². The molecule has 0 saturated carbocycles. The highest BCUT2D eigenvalue weighted by atomic mass is 35.5. The first kappa shape index (κ1) is 12.0. The normalized spacial score (nSPS) is 17.9. The summed E-state index contributed by atoms with van der Waals surface area (Å²) >= 11 is 5.94. The molecule has 0 spiro atoms. The van der Waals surface area contributed by atoms with Gasteiger partial charge in [0, 0.05) is 30.9 Å². The van der Waals surface area contributed by atoms with Gasteiger partial charge in [-0.3, -0.25) is 0 Å². The highest BCUT2D eigenvalue weighted by molar-refractivity contribution is 6.30. The lowest BCUT2D eigenvalue weighted by atomic mass is 9.89. The standard InChI is InChI=1S/C13H16ClN3O/c1-13(8-18-9-13)7-15-4-11-6-17-5-10(14)2-3-12(17)16-11/h2-3,5-6,15H,4,7-9H2,1H3. The maximum Gasteiger partial charge on any atom is 0.137 e. The highest BCUT2D eigenvalue weighted by Crippen LogP contribution is 2.25. The van der Waals surface area contributed by atoms with Crippen LogP contribution in [-0.2, 0) is 11.3 Å². The predicted molar refractivity (Wildman–Crippen MR) is 70.8 cm³/mol. The third-order valence-electron chi connectivity index (χ3n) is 3.22. The van der Waals surface area contributed by atoms with Crippen molar-refractivity contribution in [1.29, 1.82) is 0 Å². The predicted octanol–water partition coefficient (Wildman–Crippen LogP) is 2.11. The molecule has 1 aliphatic rings. The first-order valence-electron chi connectivity index (χ1n) is 6.06. The summed E-state index contributed by atoms with van der Waals surface area (Å²) in [7, 11) is 0. The van der Waals surface area contributed by atoms with Crippen LogP contribution >= 0.6 is 11.6 Å². The molecule has 1 fully saturated rings. The zero-order valence-electron chi connectivity index (χ0n) is 10.3. The smallest absolute Gasteiger partial charge is 0.137 e. The van der Waals surface area contributed by atoms with Crippen molar-refractivity contribution in [3.8, 4) is 0 Å². The van der Waals surface area contributed by atoms with Crippen LogP contribution in [0.3, 0.4) is 0 Å². The van der Waals surface area contributed by atoms with Gasteiger partial charge < -0.3 is 14.5 Å². The summed E-state index contributed by atoms with van der Waals surface area (Å²) < 4.78 is 7.18. The number of nitrogens with zero attached hydrogens (tertiary/aromatic N) is 2. The van der Waals surface area contributed by atoms with Crippen LogP contribution in [0.25, 0.3) is 5.65 Å². The maximum absolute atomic E-state index is 5.94. The Morgan fingerprint density at radius 2 is 2.28 bits per heavy atom. The first-order chi connectivity index (χ1) is 8.65.